The molecule has 1 saturated heterocycles. The Hall–Kier alpha value is -0.610. The van der Waals surface area contributed by atoms with Crippen molar-refractivity contribution in [1.29, 1.82) is 0 Å². The van der Waals surface area contributed by atoms with Crippen LogP contribution in [0.2, 0.25) is 0 Å². The van der Waals surface area contributed by atoms with E-state index in [-0.39, 0.29) is 24.7 Å². The Morgan fingerprint density at radius 2 is 2.40 bits per heavy atom. The molecule has 2 unspecified atom stereocenters. The van der Waals surface area contributed by atoms with Crippen molar-refractivity contribution in [1.82, 2.24) is 5.32 Å². The van der Waals surface area contributed by atoms with Crippen LogP contribution in [-0.4, -0.2) is 36.4 Å². The lowest BCUT2D eigenvalue weighted by Gasteiger charge is -2.23. The maximum absolute atomic E-state index is 11.7. The Morgan fingerprint density at radius 1 is 1.60 bits per heavy atom. The maximum atomic E-state index is 11.7. The SMILES string of the molecule is CC(CCCO)NC(=O)C1CCCCO1. The van der Waals surface area contributed by atoms with Crippen molar-refractivity contribution in [2.75, 3.05) is 13.2 Å². The van der Waals surface area contributed by atoms with Crippen molar-refractivity contribution in [3.8, 4) is 0 Å². The molecule has 0 aromatic rings. The van der Waals surface area contributed by atoms with Crippen LogP contribution < -0.4 is 5.32 Å². The van der Waals surface area contributed by atoms with Gasteiger partial charge in [0.1, 0.15) is 6.10 Å². The number of nitrogens with one attached hydrogen (secondary N) is 1. The first-order valence-corrected chi connectivity index (χ1v) is 5.77. The number of rotatable bonds is 5. The summed E-state index contributed by atoms with van der Waals surface area (Å²) in [6, 6.07) is 0.121. The summed E-state index contributed by atoms with van der Waals surface area (Å²) in [5, 5.41) is 11.6. The van der Waals surface area contributed by atoms with Crippen LogP contribution in [0.5, 0.6) is 0 Å². The van der Waals surface area contributed by atoms with Crippen LogP contribution in [0.15, 0.2) is 0 Å². The van der Waals surface area contributed by atoms with E-state index < -0.39 is 0 Å². The van der Waals surface area contributed by atoms with Crippen LogP contribution in [0, 0.1) is 0 Å². The topological polar surface area (TPSA) is 58.6 Å². The Morgan fingerprint density at radius 3 is 3.00 bits per heavy atom. The number of carbonyl (C=O) groups is 1. The summed E-state index contributed by atoms with van der Waals surface area (Å²) in [5.74, 6) is 0.000129. The van der Waals surface area contributed by atoms with Gasteiger partial charge in [0.15, 0.2) is 0 Å². The highest BCUT2D eigenvalue weighted by Gasteiger charge is 2.22. The molecule has 4 nitrogen and oxygen atoms in total. The minimum Gasteiger partial charge on any atom is -0.396 e. The maximum Gasteiger partial charge on any atom is 0.249 e. The highest BCUT2D eigenvalue weighted by Crippen LogP contribution is 2.13. The summed E-state index contributed by atoms with van der Waals surface area (Å²) in [7, 11) is 0. The minimum atomic E-state index is -0.254. The summed E-state index contributed by atoms with van der Waals surface area (Å²) in [5.41, 5.74) is 0. The standard InChI is InChI=1S/C11H21NO3/c1-9(5-4-7-13)12-11(14)10-6-2-3-8-15-10/h9-10,13H,2-8H2,1H3,(H,12,14). The molecule has 2 N–H and O–H groups in total. The number of ether oxygens (including phenoxy) is 1. The Balaban J connectivity index is 2.21. The molecule has 1 fully saturated rings. The van der Waals surface area contributed by atoms with Crippen molar-refractivity contribution >= 4 is 5.91 Å². The second-order valence-electron chi connectivity index (χ2n) is 4.13. The minimum absolute atomic E-state index is 0.000129. The smallest absolute Gasteiger partial charge is 0.249 e. The summed E-state index contributed by atoms with van der Waals surface area (Å²) in [6.45, 7) is 2.83. The molecule has 0 radical (unpaired) electrons. The van der Waals surface area contributed by atoms with E-state index in [1.807, 2.05) is 6.92 Å². The third kappa shape index (κ3) is 4.62. The second-order valence-corrected chi connectivity index (χ2v) is 4.13. The summed E-state index contributed by atoms with van der Waals surface area (Å²) >= 11 is 0. The van der Waals surface area contributed by atoms with E-state index in [0.29, 0.717) is 6.61 Å². The number of hydrogen-bond acceptors (Lipinski definition) is 3. The number of hydrogen-bond donors (Lipinski definition) is 2. The van der Waals surface area contributed by atoms with Crippen LogP contribution in [-0.2, 0) is 9.53 Å². The lowest BCUT2D eigenvalue weighted by molar-refractivity contribution is -0.136. The predicted molar refractivity (Wildman–Crippen MR) is 57.5 cm³/mol. The molecule has 1 aliphatic heterocycles. The molecular weight excluding hydrogens is 194 g/mol. The first kappa shape index (κ1) is 12.5. The van der Waals surface area contributed by atoms with E-state index in [1.54, 1.807) is 0 Å². The quantitative estimate of drug-likeness (QED) is 0.714. The van der Waals surface area contributed by atoms with Gasteiger partial charge in [-0.3, -0.25) is 4.79 Å². The van der Waals surface area contributed by atoms with Gasteiger partial charge in [-0.2, -0.15) is 0 Å². The fourth-order valence-corrected chi connectivity index (χ4v) is 1.75. The molecule has 0 aromatic carbocycles. The molecule has 1 rings (SSSR count). The van der Waals surface area contributed by atoms with Crippen LogP contribution in [0.4, 0.5) is 0 Å². The van der Waals surface area contributed by atoms with Gasteiger partial charge in [-0.05, 0) is 39.0 Å². The first-order chi connectivity index (χ1) is 7.24. The Kier molecular flexibility index (Phi) is 5.65. The van der Waals surface area contributed by atoms with Gasteiger partial charge in [0.05, 0.1) is 0 Å². The zero-order valence-corrected chi connectivity index (χ0v) is 9.37. The van der Waals surface area contributed by atoms with Gasteiger partial charge in [0.25, 0.3) is 0 Å². The molecule has 0 aliphatic carbocycles. The van der Waals surface area contributed by atoms with E-state index >= 15 is 0 Å². The molecule has 1 amide bonds. The average Bonchev–Trinajstić information content (AvgIpc) is 2.27. The largest absolute Gasteiger partial charge is 0.396 e. The van der Waals surface area contributed by atoms with Crippen molar-refractivity contribution in [2.24, 2.45) is 0 Å². The normalized spacial score (nSPS) is 23.5. The number of carbonyl (C=O) groups excluding carboxylic acids is 1. The van der Waals surface area contributed by atoms with Crippen LogP contribution in [0.1, 0.15) is 39.0 Å². The zero-order chi connectivity index (χ0) is 11.1. The molecule has 0 spiro atoms. The third-order valence-electron chi connectivity index (χ3n) is 2.66. The van der Waals surface area contributed by atoms with Gasteiger partial charge in [0, 0.05) is 19.3 Å². The zero-order valence-electron chi connectivity index (χ0n) is 9.37. The molecule has 1 heterocycles. The van der Waals surface area contributed by atoms with E-state index in [1.165, 1.54) is 0 Å². The first-order valence-electron chi connectivity index (χ1n) is 5.77. The summed E-state index contributed by atoms with van der Waals surface area (Å²) < 4.78 is 5.38. The molecule has 15 heavy (non-hydrogen) atoms. The second kappa shape index (κ2) is 6.80. The average molecular weight is 215 g/mol. The van der Waals surface area contributed by atoms with Crippen LogP contribution in [0.25, 0.3) is 0 Å². The van der Waals surface area contributed by atoms with Gasteiger partial charge in [-0.15, -0.1) is 0 Å². The monoisotopic (exact) mass is 215 g/mol. The molecule has 0 aromatic heterocycles. The van der Waals surface area contributed by atoms with Crippen molar-refractivity contribution in [3.05, 3.63) is 0 Å². The van der Waals surface area contributed by atoms with E-state index in [0.717, 1.165) is 32.1 Å². The number of aliphatic hydroxyl groups excluding tert-OH is 1. The fraction of sp³-hybridized carbons (Fsp3) is 0.909. The van der Waals surface area contributed by atoms with E-state index in [2.05, 4.69) is 5.32 Å². The lowest BCUT2D eigenvalue weighted by Crippen LogP contribution is -2.42. The number of aliphatic hydroxyl groups is 1. The van der Waals surface area contributed by atoms with Crippen LogP contribution >= 0.6 is 0 Å². The van der Waals surface area contributed by atoms with E-state index in [4.69, 9.17) is 9.84 Å². The van der Waals surface area contributed by atoms with Crippen molar-refractivity contribution < 1.29 is 14.6 Å². The summed E-state index contributed by atoms with van der Waals surface area (Å²) in [4.78, 5) is 11.7. The molecule has 88 valence electrons. The molecule has 1 aliphatic rings. The molecule has 4 heteroatoms. The Labute approximate surface area is 91.0 Å². The highest BCUT2D eigenvalue weighted by molar-refractivity contribution is 5.81. The van der Waals surface area contributed by atoms with Crippen molar-refractivity contribution in [2.45, 2.75) is 51.2 Å². The molecule has 0 saturated carbocycles. The van der Waals surface area contributed by atoms with Gasteiger partial charge in [-0.25, -0.2) is 0 Å². The molecular formula is C11H21NO3. The highest BCUT2D eigenvalue weighted by atomic mass is 16.5. The predicted octanol–water partition coefficient (Wildman–Crippen LogP) is 0.833. The van der Waals surface area contributed by atoms with Crippen molar-refractivity contribution in [3.63, 3.8) is 0 Å². The van der Waals surface area contributed by atoms with E-state index in [9.17, 15) is 4.79 Å². The fourth-order valence-electron chi connectivity index (χ4n) is 1.75. The van der Waals surface area contributed by atoms with Gasteiger partial charge in [-0.1, -0.05) is 0 Å². The van der Waals surface area contributed by atoms with Crippen LogP contribution in [0.3, 0.4) is 0 Å². The Bertz CT molecular complexity index is 190. The summed E-state index contributed by atoms with van der Waals surface area (Å²) in [6.07, 6.45) is 4.25. The lowest BCUT2D eigenvalue weighted by atomic mass is 10.1. The van der Waals surface area contributed by atoms with Gasteiger partial charge in [0.2, 0.25) is 5.91 Å². The third-order valence-corrected chi connectivity index (χ3v) is 2.66. The number of amides is 1. The van der Waals surface area contributed by atoms with Gasteiger partial charge >= 0.3 is 0 Å². The molecule has 2 atom stereocenters. The van der Waals surface area contributed by atoms with Gasteiger partial charge < -0.3 is 15.2 Å². The molecule has 0 bridgehead atoms.